The Balaban J connectivity index is 2.93. The van der Waals surface area contributed by atoms with Crippen molar-refractivity contribution in [3.8, 4) is 0 Å². The van der Waals surface area contributed by atoms with Crippen molar-refractivity contribution < 1.29 is 9.59 Å². The molecule has 1 heterocycles. The lowest BCUT2D eigenvalue weighted by molar-refractivity contribution is -0.138. The molecule has 1 saturated heterocycles. The summed E-state index contributed by atoms with van der Waals surface area (Å²) in [5.74, 6) is 0.0452. The van der Waals surface area contributed by atoms with Gasteiger partial charge in [0.2, 0.25) is 11.8 Å². The van der Waals surface area contributed by atoms with E-state index < -0.39 is 6.04 Å². The van der Waals surface area contributed by atoms with Crippen molar-refractivity contribution in [3.05, 3.63) is 0 Å². The molecule has 2 amide bonds. The minimum atomic E-state index is -0.410. The number of amides is 2. The highest BCUT2D eigenvalue weighted by Gasteiger charge is 2.38. The summed E-state index contributed by atoms with van der Waals surface area (Å²) in [4.78, 5) is 26.2. The van der Waals surface area contributed by atoms with Gasteiger partial charge in [0.05, 0.1) is 0 Å². The molecule has 1 aliphatic heterocycles. The first-order chi connectivity index (χ1) is 8.27. The van der Waals surface area contributed by atoms with Gasteiger partial charge in [0.25, 0.3) is 0 Å². The molecule has 0 radical (unpaired) electrons. The van der Waals surface area contributed by atoms with Gasteiger partial charge in [0.15, 0.2) is 0 Å². The first kappa shape index (κ1) is 15.0. The number of carbonyl (C=O) groups is 2. The summed E-state index contributed by atoms with van der Waals surface area (Å²) in [5, 5.41) is 2.87. The minimum Gasteiger partial charge on any atom is -0.344 e. The van der Waals surface area contributed by atoms with E-state index in [4.69, 9.17) is 0 Å². The Kier molecular flexibility index (Phi) is 4.77. The van der Waals surface area contributed by atoms with Crippen molar-refractivity contribution >= 4 is 11.8 Å². The van der Waals surface area contributed by atoms with Crippen LogP contribution in [-0.4, -0.2) is 35.3 Å². The van der Waals surface area contributed by atoms with Crippen molar-refractivity contribution in [1.29, 1.82) is 0 Å². The number of hydrogen-bond acceptors (Lipinski definition) is 2. The molecule has 1 rings (SSSR count). The molecule has 0 aliphatic carbocycles. The molecule has 1 N–H and O–H groups in total. The predicted molar refractivity (Wildman–Crippen MR) is 72.1 cm³/mol. The van der Waals surface area contributed by atoms with E-state index in [0.717, 1.165) is 12.8 Å². The molecule has 18 heavy (non-hydrogen) atoms. The summed E-state index contributed by atoms with van der Waals surface area (Å²) in [6.45, 7) is 10.7. The molecule has 1 aliphatic rings. The normalized spacial score (nSPS) is 23.6. The molecule has 1 fully saturated rings. The second-order valence-corrected chi connectivity index (χ2v) is 6.29. The average Bonchev–Trinajstić information content (AvgIpc) is 2.38. The van der Waals surface area contributed by atoms with Gasteiger partial charge in [-0.05, 0) is 18.8 Å². The number of nitrogens with one attached hydrogen (secondary N) is 1. The van der Waals surface area contributed by atoms with E-state index in [2.05, 4.69) is 19.2 Å². The Morgan fingerprint density at radius 2 is 2.00 bits per heavy atom. The maximum atomic E-state index is 12.6. The fourth-order valence-electron chi connectivity index (χ4n) is 2.39. The summed E-state index contributed by atoms with van der Waals surface area (Å²) in [7, 11) is 0. The van der Waals surface area contributed by atoms with E-state index in [9.17, 15) is 9.59 Å². The van der Waals surface area contributed by atoms with E-state index >= 15 is 0 Å². The van der Waals surface area contributed by atoms with Gasteiger partial charge in [-0.15, -0.1) is 0 Å². The zero-order chi connectivity index (χ0) is 13.9. The number of rotatable bonds is 3. The van der Waals surface area contributed by atoms with Crippen molar-refractivity contribution in [2.45, 2.75) is 66.0 Å². The Hall–Kier alpha value is -1.06. The molecule has 0 aromatic rings. The van der Waals surface area contributed by atoms with Crippen LogP contribution in [0.15, 0.2) is 0 Å². The number of carbonyl (C=O) groups excluding carboxylic acids is 2. The van der Waals surface area contributed by atoms with Crippen LogP contribution < -0.4 is 5.32 Å². The van der Waals surface area contributed by atoms with Gasteiger partial charge in [-0.1, -0.05) is 34.1 Å². The molecule has 0 aromatic heterocycles. The third-order valence-corrected chi connectivity index (χ3v) is 3.52. The minimum absolute atomic E-state index is 0.0190. The SMILES string of the molecule is CCCC(C)N1CCC(=O)NC(C(C)(C)C)C1=O. The van der Waals surface area contributed by atoms with Crippen LogP contribution in [0.25, 0.3) is 0 Å². The van der Waals surface area contributed by atoms with Crippen molar-refractivity contribution in [3.63, 3.8) is 0 Å². The largest absolute Gasteiger partial charge is 0.344 e. The third-order valence-electron chi connectivity index (χ3n) is 3.52. The zero-order valence-corrected chi connectivity index (χ0v) is 12.2. The molecule has 0 spiro atoms. The fraction of sp³-hybridized carbons (Fsp3) is 0.857. The van der Waals surface area contributed by atoms with Crippen molar-refractivity contribution in [2.75, 3.05) is 6.54 Å². The maximum Gasteiger partial charge on any atom is 0.245 e. The van der Waals surface area contributed by atoms with E-state index in [0.29, 0.717) is 13.0 Å². The molecule has 2 unspecified atom stereocenters. The van der Waals surface area contributed by atoms with Crippen LogP contribution in [0.2, 0.25) is 0 Å². The van der Waals surface area contributed by atoms with Gasteiger partial charge in [-0.25, -0.2) is 0 Å². The molecule has 0 saturated carbocycles. The van der Waals surface area contributed by atoms with Crippen molar-refractivity contribution in [2.24, 2.45) is 5.41 Å². The smallest absolute Gasteiger partial charge is 0.245 e. The Labute approximate surface area is 110 Å². The van der Waals surface area contributed by atoms with Gasteiger partial charge < -0.3 is 10.2 Å². The molecular formula is C14H26N2O2. The van der Waals surface area contributed by atoms with Gasteiger partial charge in [0.1, 0.15) is 6.04 Å². The molecule has 2 atom stereocenters. The van der Waals surface area contributed by atoms with Gasteiger partial charge in [0, 0.05) is 19.0 Å². The van der Waals surface area contributed by atoms with Crippen LogP contribution in [-0.2, 0) is 9.59 Å². The highest BCUT2D eigenvalue weighted by molar-refractivity contribution is 5.90. The van der Waals surface area contributed by atoms with Crippen LogP contribution in [0.1, 0.15) is 53.9 Å². The van der Waals surface area contributed by atoms with Crippen LogP contribution >= 0.6 is 0 Å². The van der Waals surface area contributed by atoms with Crippen LogP contribution in [0.5, 0.6) is 0 Å². The monoisotopic (exact) mass is 254 g/mol. The molecule has 0 bridgehead atoms. The Bertz CT molecular complexity index is 320. The maximum absolute atomic E-state index is 12.6. The quantitative estimate of drug-likeness (QED) is 0.836. The summed E-state index contributed by atoms with van der Waals surface area (Å²) >= 11 is 0. The first-order valence-corrected chi connectivity index (χ1v) is 6.87. The molecule has 104 valence electrons. The molecule has 4 nitrogen and oxygen atoms in total. The average molecular weight is 254 g/mol. The topological polar surface area (TPSA) is 49.4 Å². The van der Waals surface area contributed by atoms with Gasteiger partial charge in [-0.2, -0.15) is 0 Å². The van der Waals surface area contributed by atoms with Gasteiger partial charge in [-0.3, -0.25) is 9.59 Å². The fourth-order valence-corrected chi connectivity index (χ4v) is 2.39. The van der Waals surface area contributed by atoms with E-state index in [1.165, 1.54) is 0 Å². The summed E-state index contributed by atoms with van der Waals surface area (Å²) in [5.41, 5.74) is -0.249. The summed E-state index contributed by atoms with van der Waals surface area (Å²) < 4.78 is 0. The molecule has 0 aromatic carbocycles. The highest BCUT2D eigenvalue weighted by atomic mass is 16.2. The predicted octanol–water partition coefficient (Wildman–Crippen LogP) is 1.94. The van der Waals surface area contributed by atoms with E-state index in [-0.39, 0.29) is 23.3 Å². The second-order valence-electron chi connectivity index (χ2n) is 6.29. The lowest BCUT2D eigenvalue weighted by Crippen LogP contribution is -2.53. The lowest BCUT2D eigenvalue weighted by atomic mass is 9.85. The third kappa shape index (κ3) is 3.47. The van der Waals surface area contributed by atoms with Gasteiger partial charge >= 0.3 is 0 Å². The summed E-state index contributed by atoms with van der Waals surface area (Å²) in [6, 6.07) is -0.202. The number of nitrogens with zero attached hydrogens (tertiary/aromatic N) is 1. The van der Waals surface area contributed by atoms with Crippen LogP contribution in [0.3, 0.4) is 0 Å². The Morgan fingerprint density at radius 1 is 1.39 bits per heavy atom. The Morgan fingerprint density at radius 3 is 2.50 bits per heavy atom. The second kappa shape index (κ2) is 5.72. The van der Waals surface area contributed by atoms with E-state index in [1.54, 1.807) is 0 Å². The standard InChI is InChI=1S/C14H26N2O2/c1-6-7-10(2)16-9-8-11(17)15-12(13(16)18)14(3,4)5/h10,12H,6-9H2,1-5H3,(H,15,17). The highest BCUT2D eigenvalue weighted by Crippen LogP contribution is 2.24. The molecule has 4 heteroatoms. The lowest BCUT2D eigenvalue weighted by Gasteiger charge is -2.35. The van der Waals surface area contributed by atoms with E-state index in [1.807, 2.05) is 25.7 Å². The van der Waals surface area contributed by atoms with Crippen LogP contribution in [0, 0.1) is 5.41 Å². The molecular weight excluding hydrogens is 228 g/mol. The first-order valence-electron chi connectivity index (χ1n) is 6.87. The summed E-state index contributed by atoms with van der Waals surface area (Å²) in [6.07, 6.45) is 2.44. The zero-order valence-electron chi connectivity index (χ0n) is 12.2. The number of hydrogen-bond donors (Lipinski definition) is 1. The van der Waals surface area contributed by atoms with Crippen molar-refractivity contribution in [1.82, 2.24) is 10.2 Å². The van der Waals surface area contributed by atoms with Crippen LogP contribution in [0.4, 0.5) is 0 Å².